The van der Waals surface area contributed by atoms with Crippen LogP contribution >= 0.6 is 0 Å². The minimum Gasteiger partial charge on any atom is -0.492 e. The van der Waals surface area contributed by atoms with Gasteiger partial charge in [-0.3, -0.25) is 5.32 Å². The Hall–Kier alpha value is -4.32. The van der Waals surface area contributed by atoms with Gasteiger partial charge in [0.15, 0.2) is 0 Å². The molecule has 9 heteroatoms. The molecule has 5 rings (SSSR count). The smallest absolute Gasteiger partial charge is 0.411 e. The highest BCUT2D eigenvalue weighted by Gasteiger charge is 2.28. The molecule has 2 aromatic heterocycles. The molecule has 1 fully saturated rings. The van der Waals surface area contributed by atoms with Crippen LogP contribution in [0.3, 0.4) is 0 Å². The molecule has 1 aliphatic rings. The lowest BCUT2D eigenvalue weighted by molar-refractivity contribution is 0.118. The summed E-state index contributed by atoms with van der Waals surface area (Å²) in [7, 11) is 0. The first kappa shape index (κ1) is 24.4. The number of nitriles is 1. The molecule has 190 valence electrons. The predicted octanol–water partition coefficient (Wildman–Crippen LogP) is 5.92. The Morgan fingerprint density at radius 3 is 2.70 bits per heavy atom. The van der Waals surface area contributed by atoms with E-state index in [1.807, 2.05) is 56.3 Å². The third kappa shape index (κ3) is 5.14. The van der Waals surface area contributed by atoms with Crippen LogP contribution in [0.25, 0.3) is 22.2 Å². The Bertz CT molecular complexity index is 1420. The van der Waals surface area contributed by atoms with E-state index in [-0.39, 0.29) is 6.10 Å². The van der Waals surface area contributed by atoms with Crippen LogP contribution in [0.2, 0.25) is 0 Å². The van der Waals surface area contributed by atoms with Gasteiger partial charge >= 0.3 is 6.09 Å². The van der Waals surface area contributed by atoms with Crippen LogP contribution in [-0.4, -0.2) is 38.1 Å². The van der Waals surface area contributed by atoms with Crippen LogP contribution in [0.5, 0.6) is 5.75 Å². The number of benzene rings is 2. The van der Waals surface area contributed by atoms with Crippen molar-refractivity contribution in [1.82, 2.24) is 19.3 Å². The monoisotopic (exact) mass is 498 g/mol. The molecule has 1 atom stereocenters. The van der Waals surface area contributed by atoms with Crippen molar-refractivity contribution in [1.29, 1.82) is 5.26 Å². The number of nitrogens with zero attached hydrogens (tertiary/aromatic N) is 5. The predicted molar refractivity (Wildman–Crippen MR) is 140 cm³/mol. The van der Waals surface area contributed by atoms with Crippen LogP contribution in [0, 0.1) is 11.3 Å². The van der Waals surface area contributed by atoms with Crippen molar-refractivity contribution in [3.63, 3.8) is 0 Å². The van der Waals surface area contributed by atoms with E-state index in [9.17, 15) is 10.1 Å². The summed E-state index contributed by atoms with van der Waals surface area (Å²) < 4.78 is 15.3. The minimum absolute atomic E-state index is 0.146. The van der Waals surface area contributed by atoms with Crippen molar-refractivity contribution in [2.75, 3.05) is 11.9 Å². The van der Waals surface area contributed by atoms with Gasteiger partial charge in [-0.2, -0.15) is 10.4 Å². The van der Waals surface area contributed by atoms with Gasteiger partial charge in [-0.15, -0.1) is 0 Å². The van der Waals surface area contributed by atoms with Gasteiger partial charge in [-0.25, -0.2) is 14.5 Å². The summed E-state index contributed by atoms with van der Waals surface area (Å²) in [6.45, 7) is 4.89. The van der Waals surface area contributed by atoms with Gasteiger partial charge in [0.1, 0.15) is 37.2 Å². The second-order valence-corrected chi connectivity index (χ2v) is 9.30. The quantitative estimate of drug-likeness (QED) is 0.307. The third-order valence-corrected chi connectivity index (χ3v) is 6.87. The number of hydrogen-bond donors (Lipinski definition) is 1. The molecule has 1 N–H and O–H groups in total. The standard InChI is InChI=1S/C28H30N6O3/c1-3-19(2)37-28(35)32-21-9-7-20(8-10-21)27-25(16-29)24-12-11-23(36-14-13-33-18-30-17-31-33)15-26(24)34(27)22-5-4-6-22/h7-12,15,17-19,22H,3-6,13-14H2,1-2H3,(H,32,35). The summed E-state index contributed by atoms with van der Waals surface area (Å²) in [5, 5.41) is 18.0. The Morgan fingerprint density at radius 2 is 2.05 bits per heavy atom. The number of rotatable bonds is 9. The SMILES string of the molecule is CCC(C)OC(=O)Nc1ccc(-c2c(C#N)c3ccc(OCCn4cncn4)cc3n2C2CCC2)cc1. The van der Waals surface area contributed by atoms with E-state index in [1.165, 1.54) is 12.7 Å². The van der Waals surface area contributed by atoms with Gasteiger partial charge in [0.25, 0.3) is 0 Å². The molecule has 0 spiro atoms. The summed E-state index contributed by atoms with van der Waals surface area (Å²) in [6, 6.07) is 16.3. The van der Waals surface area contributed by atoms with Crippen molar-refractivity contribution < 1.29 is 14.3 Å². The summed E-state index contributed by atoms with van der Waals surface area (Å²) >= 11 is 0. The number of aromatic nitrogens is 4. The van der Waals surface area contributed by atoms with Gasteiger partial charge < -0.3 is 14.0 Å². The molecular formula is C28H30N6O3. The van der Waals surface area contributed by atoms with Crippen LogP contribution < -0.4 is 10.1 Å². The second-order valence-electron chi connectivity index (χ2n) is 9.30. The van der Waals surface area contributed by atoms with E-state index in [4.69, 9.17) is 9.47 Å². The number of ether oxygens (including phenoxy) is 2. The first-order valence-corrected chi connectivity index (χ1v) is 12.7. The zero-order valence-electron chi connectivity index (χ0n) is 21.1. The highest BCUT2D eigenvalue weighted by atomic mass is 16.6. The number of anilines is 1. The van der Waals surface area contributed by atoms with Gasteiger partial charge in [-0.05, 0) is 62.4 Å². The summed E-state index contributed by atoms with van der Waals surface area (Å²) in [5.74, 6) is 0.751. The third-order valence-electron chi connectivity index (χ3n) is 6.87. The number of fused-ring (bicyclic) bond motifs is 1. The van der Waals surface area contributed by atoms with Gasteiger partial charge in [-0.1, -0.05) is 19.1 Å². The topological polar surface area (TPSA) is 107 Å². The fourth-order valence-electron chi connectivity index (χ4n) is 4.53. The Morgan fingerprint density at radius 1 is 1.24 bits per heavy atom. The average molecular weight is 499 g/mol. The minimum atomic E-state index is -0.472. The van der Waals surface area contributed by atoms with Crippen LogP contribution in [-0.2, 0) is 11.3 Å². The molecule has 1 saturated carbocycles. The molecule has 0 saturated heterocycles. The summed E-state index contributed by atoms with van der Waals surface area (Å²) in [4.78, 5) is 16.1. The van der Waals surface area contributed by atoms with E-state index in [0.29, 0.717) is 30.4 Å². The highest BCUT2D eigenvalue weighted by molar-refractivity contribution is 5.96. The van der Waals surface area contributed by atoms with Crippen molar-refractivity contribution in [3.05, 3.63) is 60.7 Å². The molecule has 0 bridgehead atoms. The zero-order chi connectivity index (χ0) is 25.8. The van der Waals surface area contributed by atoms with Crippen LogP contribution in [0.1, 0.15) is 51.1 Å². The van der Waals surface area contributed by atoms with E-state index >= 15 is 0 Å². The lowest BCUT2D eigenvalue weighted by Crippen LogP contribution is -2.19. The van der Waals surface area contributed by atoms with Crippen LogP contribution in [0.4, 0.5) is 10.5 Å². The maximum Gasteiger partial charge on any atom is 0.411 e. The zero-order valence-corrected chi connectivity index (χ0v) is 21.1. The number of carbonyl (C=O) groups is 1. The van der Waals surface area contributed by atoms with Crippen LogP contribution in [0.15, 0.2) is 55.1 Å². The molecular weight excluding hydrogens is 468 g/mol. The molecule has 1 unspecified atom stereocenters. The highest BCUT2D eigenvalue weighted by Crippen LogP contribution is 2.43. The normalized spacial score (nSPS) is 14.1. The lowest BCUT2D eigenvalue weighted by Gasteiger charge is -2.30. The fraction of sp³-hybridized carbons (Fsp3) is 0.357. The number of carbonyl (C=O) groups excluding carboxylic acids is 1. The summed E-state index contributed by atoms with van der Waals surface area (Å²) in [6.07, 6.45) is 6.61. The van der Waals surface area contributed by atoms with Crippen molar-refractivity contribution in [2.24, 2.45) is 0 Å². The second kappa shape index (κ2) is 10.7. The van der Waals surface area contributed by atoms with Crippen molar-refractivity contribution in [3.8, 4) is 23.1 Å². The lowest BCUT2D eigenvalue weighted by atomic mass is 9.92. The molecule has 0 aliphatic heterocycles. The number of hydrogen-bond acceptors (Lipinski definition) is 6. The van der Waals surface area contributed by atoms with E-state index in [1.54, 1.807) is 11.0 Å². The van der Waals surface area contributed by atoms with Crippen molar-refractivity contribution in [2.45, 2.75) is 58.2 Å². The first-order chi connectivity index (χ1) is 18.1. The molecule has 37 heavy (non-hydrogen) atoms. The van der Waals surface area contributed by atoms with E-state index in [2.05, 4.69) is 26.0 Å². The van der Waals surface area contributed by atoms with Gasteiger partial charge in [0, 0.05) is 23.2 Å². The largest absolute Gasteiger partial charge is 0.492 e. The number of nitrogens with one attached hydrogen (secondary N) is 1. The van der Waals surface area contributed by atoms with Gasteiger partial charge in [0.2, 0.25) is 0 Å². The molecule has 9 nitrogen and oxygen atoms in total. The molecule has 2 aromatic carbocycles. The Kier molecular flexibility index (Phi) is 7.08. The fourth-order valence-corrected chi connectivity index (χ4v) is 4.53. The number of amides is 1. The molecule has 1 aliphatic carbocycles. The summed E-state index contributed by atoms with van der Waals surface area (Å²) in [5.41, 5.74) is 4.11. The first-order valence-electron chi connectivity index (χ1n) is 12.7. The average Bonchev–Trinajstić information content (AvgIpc) is 3.49. The Balaban J connectivity index is 1.45. The Labute approximate surface area is 215 Å². The molecule has 4 aromatic rings. The van der Waals surface area contributed by atoms with E-state index < -0.39 is 6.09 Å². The van der Waals surface area contributed by atoms with Crippen molar-refractivity contribution >= 4 is 22.7 Å². The molecule has 2 heterocycles. The molecule has 0 radical (unpaired) electrons. The van der Waals surface area contributed by atoms with Gasteiger partial charge in [0.05, 0.1) is 23.3 Å². The maximum absolute atomic E-state index is 12.1. The maximum atomic E-state index is 12.1. The van der Waals surface area contributed by atoms with E-state index in [0.717, 1.165) is 47.2 Å². The molecule has 1 amide bonds.